The number of ether oxygens (including phenoxy) is 2. The number of para-hydroxylation sites is 1. The maximum absolute atomic E-state index is 12.0. The van der Waals surface area contributed by atoms with Crippen molar-refractivity contribution in [1.29, 1.82) is 5.26 Å². The number of methoxy groups -OCH3 is 1. The van der Waals surface area contributed by atoms with Crippen LogP contribution in [0.15, 0.2) is 24.3 Å². The van der Waals surface area contributed by atoms with Gasteiger partial charge in [-0.1, -0.05) is 18.2 Å². The van der Waals surface area contributed by atoms with Crippen molar-refractivity contribution in [1.82, 2.24) is 0 Å². The van der Waals surface area contributed by atoms with E-state index in [4.69, 9.17) is 9.47 Å². The number of esters is 1. The predicted molar refractivity (Wildman–Crippen MR) is 95.4 cm³/mol. The third-order valence-electron chi connectivity index (χ3n) is 5.60. The van der Waals surface area contributed by atoms with E-state index in [-0.39, 0.29) is 17.3 Å². The largest absolute Gasteiger partial charge is 0.469 e. The first kappa shape index (κ1) is 17.8. The van der Waals surface area contributed by atoms with E-state index in [1.807, 2.05) is 18.2 Å². The third kappa shape index (κ3) is 3.80. The smallest absolute Gasteiger partial charge is 0.313 e. The lowest BCUT2D eigenvalue weighted by Crippen LogP contribution is -2.35. The van der Waals surface area contributed by atoms with E-state index < -0.39 is 0 Å². The Balaban J connectivity index is 1.65. The van der Waals surface area contributed by atoms with E-state index in [9.17, 15) is 10.1 Å². The molecular weight excluding hydrogens is 316 g/mol. The average molecular weight is 342 g/mol. The highest BCUT2D eigenvalue weighted by Gasteiger charge is 2.33. The second kappa shape index (κ2) is 7.88. The topological polar surface area (TPSA) is 62.6 Å². The van der Waals surface area contributed by atoms with Crippen LogP contribution in [0.1, 0.15) is 43.6 Å². The summed E-state index contributed by atoms with van der Waals surface area (Å²) in [6.45, 7) is 3.15. The standard InChI is InChI=1S/C20H26N2O3/c1-24-19(23)17-7-12-22(18-6-3-2-5-16(17)18)11-4-8-20(15-21)9-13-25-14-10-20/h2-3,5-6,17H,4,7-14H2,1H3. The molecule has 5 heteroatoms. The molecule has 1 saturated heterocycles. The molecule has 1 aromatic carbocycles. The van der Waals surface area contributed by atoms with Crippen LogP contribution in [0.3, 0.4) is 0 Å². The number of benzene rings is 1. The normalized spacial score (nSPS) is 21.9. The molecule has 2 heterocycles. The lowest BCUT2D eigenvalue weighted by atomic mass is 9.78. The van der Waals surface area contributed by atoms with Crippen molar-refractivity contribution >= 4 is 11.7 Å². The number of rotatable bonds is 5. The Hall–Kier alpha value is -2.06. The molecule has 0 aliphatic carbocycles. The number of carbonyl (C=O) groups is 1. The van der Waals surface area contributed by atoms with Crippen LogP contribution in [0, 0.1) is 16.7 Å². The molecule has 5 nitrogen and oxygen atoms in total. The first-order valence-electron chi connectivity index (χ1n) is 9.10. The summed E-state index contributed by atoms with van der Waals surface area (Å²) in [5.41, 5.74) is 1.96. The quantitative estimate of drug-likeness (QED) is 0.769. The number of hydrogen-bond donors (Lipinski definition) is 0. The number of anilines is 1. The summed E-state index contributed by atoms with van der Waals surface area (Å²) in [7, 11) is 1.45. The fraction of sp³-hybridized carbons (Fsp3) is 0.600. The van der Waals surface area contributed by atoms with E-state index in [1.165, 1.54) is 7.11 Å². The molecular formula is C20H26N2O3. The van der Waals surface area contributed by atoms with Crippen molar-refractivity contribution in [2.45, 2.75) is 38.0 Å². The Morgan fingerprint density at radius 1 is 1.40 bits per heavy atom. The minimum absolute atomic E-state index is 0.155. The molecule has 2 aliphatic heterocycles. The highest BCUT2D eigenvalue weighted by molar-refractivity contribution is 5.81. The molecule has 0 amide bonds. The van der Waals surface area contributed by atoms with Gasteiger partial charge in [0.25, 0.3) is 0 Å². The first-order valence-corrected chi connectivity index (χ1v) is 9.10. The molecule has 2 aliphatic rings. The molecule has 0 bridgehead atoms. The van der Waals surface area contributed by atoms with Crippen molar-refractivity contribution in [3.8, 4) is 6.07 Å². The zero-order valence-electron chi connectivity index (χ0n) is 14.9. The summed E-state index contributed by atoms with van der Waals surface area (Å²) in [6, 6.07) is 10.6. The van der Waals surface area contributed by atoms with Crippen LogP contribution in [-0.2, 0) is 14.3 Å². The molecule has 1 atom stereocenters. The first-order chi connectivity index (χ1) is 12.2. The average Bonchev–Trinajstić information content (AvgIpc) is 2.68. The zero-order chi connectivity index (χ0) is 17.7. The summed E-state index contributed by atoms with van der Waals surface area (Å²) in [5.74, 6) is -0.323. The minimum Gasteiger partial charge on any atom is -0.469 e. The Labute approximate surface area is 149 Å². The zero-order valence-corrected chi connectivity index (χ0v) is 14.9. The molecule has 1 aromatic rings. The lowest BCUT2D eigenvalue weighted by Gasteiger charge is -2.36. The molecule has 0 spiro atoms. The van der Waals surface area contributed by atoms with Crippen LogP contribution in [0.25, 0.3) is 0 Å². The summed E-state index contributed by atoms with van der Waals surface area (Å²) in [4.78, 5) is 14.4. The van der Waals surface area contributed by atoms with Crippen molar-refractivity contribution in [3.05, 3.63) is 29.8 Å². The molecule has 0 N–H and O–H groups in total. The van der Waals surface area contributed by atoms with Crippen LogP contribution in [0.4, 0.5) is 5.69 Å². The predicted octanol–water partition coefficient (Wildman–Crippen LogP) is 3.25. The highest BCUT2D eigenvalue weighted by Crippen LogP contribution is 2.38. The molecule has 0 radical (unpaired) electrons. The van der Waals surface area contributed by atoms with Gasteiger partial charge in [-0.15, -0.1) is 0 Å². The van der Waals surface area contributed by atoms with E-state index in [2.05, 4.69) is 17.0 Å². The highest BCUT2D eigenvalue weighted by atomic mass is 16.5. The molecule has 3 rings (SSSR count). The summed E-state index contributed by atoms with van der Waals surface area (Å²) >= 11 is 0. The molecule has 134 valence electrons. The second-order valence-electron chi connectivity index (χ2n) is 7.02. The van der Waals surface area contributed by atoms with Crippen molar-refractivity contribution < 1.29 is 14.3 Å². The number of hydrogen-bond acceptors (Lipinski definition) is 5. The Morgan fingerprint density at radius 2 is 2.16 bits per heavy atom. The summed E-state index contributed by atoms with van der Waals surface area (Å²) in [6.07, 6.45) is 4.34. The Morgan fingerprint density at radius 3 is 2.88 bits per heavy atom. The molecule has 0 aromatic heterocycles. The van der Waals surface area contributed by atoms with E-state index in [0.29, 0.717) is 13.2 Å². The van der Waals surface area contributed by atoms with Gasteiger partial charge >= 0.3 is 5.97 Å². The van der Waals surface area contributed by atoms with Gasteiger partial charge in [-0.2, -0.15) is 5.26 Å². The Kier molecular flexibility index (Phi) is 5.60. The maximum atomic E-state index is 12.0. The van der Waals surface area contributed by atoms with Crippen LogP contribution in [0.5, 0.6) is 0 Å². The third-order valence-corrected chi connectivity index (χ3v) is 5.60. The fourth-order valence-electron chi connectivity index (χ4n) is 4.04. The SMILES string of the molecule is COC(=O)C1CCN(CCCC2(C#N)CCOCC2)c2ccccc21. The van der Waals surface area contributed by atoms with Gasteiger partial charge in [-0.25, -0.2) is 0 Å². The summed E-state index contributed by atoms with van der Waals surface area (Å²) < 4.78 is 10.4. The number of fused-ring (bicyclic) bond motifs is 1. The van der Waals surface area contributed by atoms with E-state index in [1.54, 1.807) is 0 Å². The van der Waals surface area contributed by atoms with Gasteiger partial charge in [0.2, 0.25) is 0 Å². The van der Waals surface area contributed by atoms with Crippen molar-refractivity contribution in [3.63, 3.8) is 0 Å². The van der Waals surface area contributed by atoms with Crippen LogP contribution < -0.4 is 4.90 Å². The summed E-state index contributed by atoms with van der Waals surface area (Å²) in [5, 5.41) is 9.59. The molecule has 25 heavy (non-hydrogen) atoms. The van der Waals surface area contributed by atoms with Crippen LogP contribution in [-0.4, -0.2) is 39.4 Å². The monoisotopic (exact) mass is 342 g/mol. The Bertz CT molecular complexity index is 647. The number of carbonyl (C=O) groups excluding carboxylic acids is 1. The van der Waals surface area contributed by atoms with E-state index in [0.717, 1.165) is 56.4 Å². The fourth-order valence-corrected chi connectivity index (χ4v) is 4.04. The van der Waals surface area contributed by atoms with Gasteiger partial charge in [0, 0.05) is 32.0 Å². The van der Waals surface area contributed by atoms with Gasteiger partial charge < -0.3 is 14.4 Å². The van der Waals surface area contributed by atoms with Crippen LogP contribution >= 0.6 is 0 Å². The lowest BCUT2D eigenvalue weighted by molar-refractivity contribution is -0.142. The molecule has 1 fully saturated rings. The van der Waals surface area contributed by atoms with Gasteiger partial charge in [-0.05, 0) is 43.7 Å². The molecule has 1 unspecified atom stereocenters. The number of nitriles is 1. The van der Waals surface area contributed by atoms with Gasteiger partial charge in [0.1, 0.15) is 0 Å². The van der Waals surface area contributed by atoms with Crippen LogP contribution in [0.2, 0.25) is 0 Å². The van der Waals surface area contributed by atoms with Crippen molar-refractivity contribution in [2.24, 2.45) is 5.41 Å². The molecule has 0 saturated carbocycles. The van der Waals surface area contributed by atoms with Gasteiger partial charge in [0.05, 0.1) is 24.5 Å². The number of nitrogens with zero attached hydrogens (tertiary/aromatic N) is 2. The van der Waals surface area contributed by atoms with Crippen molar-refractivity contribution in [2.75, 3.05) is 38.3 Å². The van der Waals surface area contributed by atoms with Gasteiger partial charge in [0.15, 0.2) is 0 Å². The second-order valence-corrected chi connectivity index (χ2v) is 7.02. The van der Waals surface area contributed by atoms with Gasteiger partial charge in [-0.3, -0.25) is 4.79 Å². The maximum Gasteiger partial charge on any atom is 0.313 e. The minimum atomic E-state index is -0.220. The van der Waals surface area contributed by atoms with E-state index >= 15 is 0 Å².